The molecule has 0 amide bonds. The summed E-state index contributed by atoms with van der Waals surface area (Å²) in [6.07, 6.45) is 38.0. The molecule has 2 rings (SSSR count). The molecule has 1 N–H and O–H groups in total. The Balaban J connectivity index is 0.000000612. The van der Waals surface area contributed by atoms with Crippen molar-refractivity contribution >= 4 is 17.9 Å². The molecule has 0 aromatic heterocycles. The number of aliphatic carboxylic acids is 1. The maximum atomic E-state index is 12.5. The lowest BCUT2D eigenvalue weighted by Gasteiger charge is -2.41. The first-order valence-electron chi connectivity index (χ1n) is 25.3. The van der Waals surface area contributed by atoms with Crippen LogP contribution in [0.25, 0.3) is 0 Å². The van der Waals surface area contributed by atoms with Gasteiger partial charge in [-0.15, -0.1) is 0 Å². The minimum absolute atomic E-state index is 0.117. The Morgan fingerprint density at radius 3 is 1.42 bits per heavy atom. The van der Waals surface area contributed by atoms with E-state index in [-0.39, 0.29) is 5.41 Å². The second-order valence-electron chi connectivity index (χ2n) is 19.2. The molecule has 1 aromatic rings. The summed E-state index contributed by atoms with van der Waals surface area (Å²) >= 11 is 0. The molecule has 346 valence electrons. The van der Waals surface area contributed by atoms with E-state index < -0.39 is 17.9 Å². The standard InChI is InChI=1S/C29H48O4.C25H46O2/c1-24(2)18-12-9-7-5-6-8-10-16-22-32-28(30)26-20-14-15-21-27(26)29(31)33-23-17-11-13-19-25(3)4;1-4-6-8-10-12-14-16-23-17-20-25(21-18-23,22(3)24(26)27)19-15-13-11-9-7-5-2/h14-15,20-21,24-25H,5-13,16-19,22-23H2,1-4H3;23H,3-21H2,1-2H3,(H,26,27). The maximum Gasteiger partial charge on any atom is 0.339 e. The van der Waals surface area contributed by atoms with E-state index in [4.69, 9.17) is 9.47 Å². The number of hydrogen-bond donors (Lipinski definition) is 1. The van der Waals surface area contributed by atoms with E-state index in [0.29, 0.717) is 35.8 Å². The highest BCUT2D eigenvalue weighted by Crippen LogP contribution is 2.48. The summed E-state index contributed by atoms with van der Waals surface area (Å²) in [5.74, 6) is 0.680. The Labute approximate surface area is 370 Å². The van der Waals surface area contributed by atoms with Crippen molar-refractivity contribution in [1.82, 2.24) is 0 Å². The molecule has 1 fully saturated rings. The minimum Gasteiger partial charge on any atom is -0.478 e. The van der Waals surface area contributed by atoms with Crippen molar-refractivity contribution in [3.05, 3.63) is 47.5 Å². The van der Waals surface area contributed by atoms with Crippen LogP contribution in [0, 0.1) is 23.2 Å². The molecule has 0 bridgehead atoms. The van der Waals surface area contributed by atoms with E-state index in [1.54, 1.807) is 24.3 Å². The number of ether oxygens (including phenoxy) is 2. The molecule has 0 saturated heterocycles. The molecule has 0 atom stereocenters. The van der Waals surface area contributed by atoms with Gasteiger partial charge in [-0.25, -0.2) is 14.4 Å². The van der Waals surface area contributed by atoms with Gasteiger partial charge in [0.1, 0.15) is 0 Å². The van der Waals surface area contributed by atoms with Gasteiger partial charge < -0.3 is 14.6 Å². The third kappa shape index (κ3) is 26.6. The normalized spacial score (nSPS) is 16.4. The van der Waals surface area contributed by atoms with Gasteiger partial charge in [0.15, 0.2) is 0 Å². The number of carbonyl (C=O) groups excluding carboxylic acids is 2. The molecule has 1 aromatic carbocycles. The van der Waals surface area contributed by atoms with Crippen LogP contribution in [0.15, 0.2) is 36.4 Å². The molecule has 1 aliphatic carbocycles. The molecule has 0 heterocycles. The Morgan fingerprint density at radius 2 is 0.983 bits per heavy atom. The summed E-state index contributed by atoms with van der Waals surface area (Å²) in [5, 5.41) is 9.58. The number of unbranched alkanes of at least 4 members (excludes halogenated alkanes) is 19. The van der Waals surface area contributed by atoms with Crippen molar-refractivity contribution in [3.8, 4) is 0 Å². The third-order valence-corrected chi connectivity index (χ3v) is 12.9. The van der Waals surface area contributed by atoms with E-state index in [2.05, 4.69) is 48.1 Å². The third-order valence-electron chi connectivity index (χ3n) is 12.9. The van der Waals surface area contributed by atoms with E-state index >= 15 is 0 Å². The van der Waals surface area contributed by atoms with Gasteiger partial charge in [-0.1, -0.05) is 214 Å². The summed E-state index contributed by atoms with van der Waals surface area (Å²) in [6, 6.07) is 6.78. The number of carboxylic acid groups (broad SMARTS) is 1. The van der Waals surface area contributed by atoms with E-state index in [0.717, 1.165) is 69.6 Å². The molecule has 0 radical (unpaired) electrons. The van der Waals surface area contributed by atoms with Crippen LogP contribution in [0.1, 0.15) is 261 Å². The second kappa shape index (κ2) is 35.9. The fourth-order valence-corrected chi connectivity index (χ4v) is 8.78. The van der Waals surface area contributed by atoms with E-state index in [9.17, 15) is 19.5 Å². The smallest absolute Gasteiger partial charge is 0.339 e. The number of hydrogen-bond acceptors (Lipinski definition) is 5. The second-order valence-corrected chi connectivity index (χ2v) is 19.2. The van der Waals surface area contributed by atoms with Crippen molar-refractivity contribution in [1.29, 1.82) is 0 Å². The van der Waals surface area contributed by atoms with Crippen LogP contribution in [0.4, 0.5) is 0 Å². The van der Waals surface area contributed by atoms with Crippen LogP contribution in [-0.2, 0) is 14.3 Å². The van der Waals surface area contributed by atoms with Crippen LogP contribution in [0.5, 0.6) is 0 Å². The number of rotatable bonds is 35. The van der Waals surface area contributed by atoms with Crippen molar-refractivity contribution in [2.24, 2.45) is 23.2 Å². The van der Waals surface area contributed by atoms with Crippen LogP contribution >= 0.6 is 0 Å². The predicted molar refractivity (Wildman–Crippen MR) is 254 cm³/mol. The highest BCUT2D eigenvalue weighted by Gasteiger charge is 2.39. The monoisotopic (exact) mass is 839 g/mol. The lowest BCUT2D eigenvalue weighted by Crippen LogP contribution is -2.32. The first-order chi connectivity index (χ1) is 29.0. The fraction of sp³-hybridized carbons (Fsp3) is 0.796. The first kappa shape index (κ1) is 55.4. The molecule has 6 heteroatoms. The Morgan fingerprint density at radius 1 is 0.600 bits per heavy atom. The predicted octanol–water partition coefficient (Wildman–Crippen LogP) is 16.7. The highest BCUT2D eigenvalue weighted by molar-refractivity contribution is 6.03. The lowest BCUT2D eigenvalue weighted by atomic mass is 9.63. The number of benzene rings is 1. The Hall–Kier alpha value is -2.63. The van der Waals surface area contributed by atoms with E-state index in [1.165, 1.54) is 141 Å². The molecule has 1 saturated carbocycles. The number of carbonyl (C=O) groups is 3. The van der Waals surface area contributed by atoms with Gasteiger partial charge >= 0.3 is 17.9 Å². The largest absolute Gasteiger partial charge is 0.478 e. The van der Waals surface area contributed by atoms with Gasteiger partial charge in [-0.05, 0) is 74.8 Å². The molecule has 60 heavy (non-hydrogen) atoms. The van der Waals surface area contributed by atoms with Crippen LogP contribution in [0.3, 0.4) is 0 Å². The molecule has 0 aliphatic heterocycles. The zero-order valence-corrected chi connectivity index (χ0v) is 40.1. The van der Waals surface area contributed by atoms with E-state index in [1.807, 2.05) is 0 Å². The average molecular weight is 839 g/mol. The zero-order valence-electron chi connectivity index (χ0n) is 40.1. The van der Waals surface area contributed by atoms with Gasteiger partial charge in [-0.2, -0.15) is 0 Å². The average Bonchev–Trinajstić information content (AvgIpc) is 3.23. The van der Waals surface area contributed by atoms with Crippen LogP contribution in [-0.4, -0.2) is 36.2 Å². The minimum atomic E-state index is -0.768. The van der Waals surface area contributed by atoms with Gasteiger partial charge in [0.05, 0.1) is 24.3 Å². The molecular weight excluding hydrogens is 745 g/mol. The highest BCUT2D eigenvalue weighted by atomic mass is 16.5. The van der Waals surface area contributed by atoms with Crippen molar-refractivity contribution < 1.29 is 29.0 Å². The Kier molecular flexibility index (Phi) is 33.2. The molecule has 6 nitrogen and oxygen atoms in total. The van der Waals surface area contributed by atoms with Crippen LogP contribution < -0.4 is 0 Å². The molecular formula is C54H94O6. The zero-order chi connectivity index (χ0) is 44.3. The topological polar surface area (TPSA) is 89.9 Å². The van der Waals surface area contributed by atoms with Crippen molar-refractivity contribution in [2.75, 3.05) is 13.2 Å². The number of carboxylic acids is 1. The summed E-state index contributed by atoms with van der Waals surface area (Å²) in [4.78, 5) is 36.6. The first-order valence-corrected chi connectivity index (χ1v) is 25.3. The molecule has 0 spiro atoms. The van der Waals surface area contributed by atoms with Crippen molar-refractivity contribution in [2.45, 2.75) is 241 Å². The summed E-state index contributed by atoms with van der Waals surface area (Å²) in [6.45, 7) is 18.3. The van der Waals surface area contributed by atoms with Gasteiger partial charge in [0.25, 0.3) is 0 Å². The number of esters is 2. The van der Waals surface area contributed by atoms with Crippen molar-refractivity contribution in [3.63, 3.8) is 0 Å². The van der Waals surface area contributed by atoms with Gasteiger partial charge in [-0.3, -0.25) is 0 Å². The summed E-state index contributed by atoms with van der Waals surface area (Å²) in [5.41, 5.74) is 0.966. The molecule has 1 aliphatic rings. The van der Waals surface area contributed by atoms with Crippen LogP contribution in [0.2, 0.25) is 0 Å². The fourth-order valence-electron chi connectivity index (χ4n) is 8.78. The van der Waals surface area contributed by atoms with Gasteiger partial charge in [0, 0.05) is 11.0 Å². The Bertz CT molecular complexity index is 1240. The SMILES string of the molecule is C=C(C(=O)O)C1(CCCCCCCC)CCC(CCCCCCCC)CC1.CC(C)CCCCCCCCCCOC(=O)c1ccccc1C(=O)OCCCCCC(C)C. The summed E-state index contributed by atoms with van der Waals surface area (Å²) in [7, 11) is 0. The maximum absolute atomic E-state index is 12.5. The van der Waals surface area contributed by atoms with Gasteiger partial charge in [0.2, 0.25) is 0 Å². The quantitative estimate of drug-likeness (QED) is 0.0416. The lowest BCUT2D eigenvalue weighted by molar-refractivity contribution is -0.134. The molecule has 0 unspecified atom stereocenters. The summed E-state index contributed by atoms with van der Waals surface area (Å²) < 4.78 is 10.8.